The Hall–Kier alpha value is -0.0300. The van der Waals surface area contributed by atoms with Gasteiger partial charge in [0.2, 0.25) is 0 Å². The van der Waals surface area contributed by atoms with Crippen LogP contribution < -0.4 is 4.90 Å². The molecule has 1 aromatic heterocycles. The second kappa shape index (κ2) is 6.42. The quantitative estimate of drug-likeness (QED) is 0.590. The van der Waals surface area contributed by atoms with Crippen molar-refractivity contribution in [3.63, 3.8) is 0 Å². The van der Waals surface area contributed by atoms with Gasteiger partial charge in [-0.25, -0.2) is 0 Å². The molecule has 2 aromatic rings. The molecular weight excluding hydrogens is 397 g/mol. The van der Waals surface area contributed by atoms with Gasteiger partial charge in [-0.2, -0.15) is 0 Å². The van der Waals surface area contributed by atoms with Gasteiger partial charge in [0, 0.05) is 23.9 Å². The molecule has 0 radical (unpaired) electrons. The van der Waals surface area contributed by atoms with E-state index in [1.54, 1.807) is 11.3 Å². The fourth-order valence-corrected chi connectivity index (χ4v) is 3.83. The summed E-state index contributed by atoms with van der Waals surface area (Å²) >= 11 is 14.6. The summed E-state index contributed by atoms with van der Waals surface area (Å²) in [6, 6.07) is 8.39. The summed E-state index contributed by atoms with van der Waals surface area (Å²) in [5, 5.41) is 2.17. The molecule has 1 heterocycles. The van der Waals surface area contributed by atoms with Crippen molar-refractivity contribution in [1.82, 2.24) is 0 Å². The van der Waals surface area contributed by atoms with Crippen LogP contribution in [0.25, 0.3) is 0 Å². The maximum absolute atomic E-state index is 5.83. The van der Waals surface area contributed by atoms with Crippen LogP contribution in [0.2, 0.25) is 0 Å². The Labute approximate surface area is 133 Å². The lowest BCUT2D eigenvalue weighted by atomic mass is 10.2. The van der Waals surface area contributed by atoms with Crippen LogP contribution in [0.4, 0.5) is 5.69 Å². The van der Waals surface area contributed by atoms with Gasteiger partial charge in [0.1, 0.15) is 0 Å². The second-order valence-corrected chi connectivity index (χ2v) is 7.45. The molecule has 0 aliphatic carbocycles. The molecule has 5 heteroatoms. The zero-order chi connectivity index (χ0) is 13.1. The molecule has 0 bridgehead atoms. The zero-order valence-corrected chi connectivity index (χ0v) is 14.5. The van der Waals surface area contributed by atoms with E-state index in [1.165, 1.54) is 15.0 Å². The van der Waals surface area contributed by atoms with Crippen molar-refractivity contribution in [2.45, 2.75) is 12.4 Å². The highest BCUT2D eigenvalue weighted by Gasteiger charge is 2.08. The van der Waals surface area contributed by atoms with E-state index in [0.29, 0.717) is 5.88 Å². The van der Waals surface area contributed by atoms with Gasteiger partial charge in [0.15, 0.2) is 0 Å². The fraction of sp³-hybridized carbons (Fsp3) is 0.231. The van der Waals surface area contributed by atoms with Crippen molar-refractivity contribution in [2.75, 3.05) is 11.9 Å². The van der Waals surface area contributed by atoms with Gasteiger partial charge in [-0.15, -0.1) is 22.9 Å². The zero-order valence-electron chi connectivity index (χ0n) is 9.79. The molecule has 1 aromatic carbocycles. The van der Waals surface area contributed by atoms with Crippen LogP contribution in [0.1, 0.15) is 11.1 Å². The molecule has 2 rings (SSSR count). The van der Waals surface area contributed by atoms with Gasteiger partial charge in [-0.05, 0) is 66.6 Å². The van der Waals surface area contributed by atoms with E-state index >= 15 is 0 Å². The summed E-state index contributed by atoms with van der Waals surface area (Å²) < 4.78 is 2.25. The molecule has 1 nitrogen and oxygen atoms in total. The van der Waals surface area contributed by atoms with E-state index in [0.717, 1.165) is 16.6 Å². The highest BCUT2D eigenvalue weighted by Crippen LogP contribution is 2.29. The van der Waals surface area contributed by atoms with Crippen LogP contribution in [0.5, 0.6) is 0 Å². The molecule has 0 amide bonds. The Balaban J connectivity index is 2.15. The van der Waals surface area contributed by atoms with Crippen LogP contribution in [0.3, 0.4) is 0 Å². The molecular formula is C13H12Br2ClNS. The third kappa shape index (κ3) is 3.50. The Morgan fingerprint density at radius 3 is 2.56 bits per heavy atom. The van der Waals surface area contributed by atoms with Crippen molar-refractivity contribution >= 4 is 60.5 Å². The first kappa shape index (κ1) is 14.4. The predicted octanol–water partition coefficient (Wildman–Crippen LogP) is 5.65. The molecule has 0 atom stereocenters. The lowest BCUT2D eigenvalue weighted by Crippen LogP contribution is -2.16. The van der Waals surface area contributed by atoms with E-state index in [4.69, 9.17) is 11.6 Å². The van der Waals surface area contributed by atoms with Crippen LogP contribution in [-0.2, 0) is 12.4 Å². The Morgan fingerprint density at radius 2 is 2.00 bits per heavy atom. The monoisotopic (exact) mass is 407 g/mol. The fourth-order valence-electron chi connectivity index (χ4n) is 1.73. The van der Waals surface area contributed by atoms with Crippen molar-refractivity contribution in [1.29, 1.82) is 0 Å². The number of hydrogen-bond donors (Lipinski definition) is 0. The third-order valence-electron chi connectivity index (χ3n) is 2.62. The first-order valence-corrected chi connectivity index (χ1v) is 8.38. The van der Waals surface area contributed by atoms with Gasteiger partial charge in [-0.1, -0.05) is 6.07 Å². The first-order valence-electron chi connectivity index (χ1n) is 5.38. The van der Waals surface area contributed by atoms with E-state index in [9.17, 15) is 0 Å². The summed E-state index contributed by atoms with van der Waals surface area (Å²) in [5.74, 6) is 0.542. The van der Waals surface area contributed by atoms with Gasteiger partial charge in [-0.3, -0.25) is 0 Å². The molecule has 0 spiro atoms. The molecule has 0 saturated heterocycles. The minimum atomic E-state index is 0.542. The van der Waals surface area contributed by atoms with Gasteiger partial charge >= 0.3 is 0 Å². The smallest absolute Gasteiger partial charge is 0.0701 e. The average Bonchev–Trinajstić information content (AvgIpc) is 2.74. The van der Waals surface area contributed by atoms with Crippen LogP contribution in [-0.4, -0.2) is 7.05 Å². The number of alkyl halides is 1. The Bertz CT molecular complexity index is 542. The van der Waals surface area contributed by atoms with E-state index in [1.807, 2.05) is 0 Å². The molecule has 18 heavy (non-hydrogen) atoms. The van der Waals surface area contributed by atoms with Crippen molar-refractivity contribution in [3.8, 4) is 0 Å². The molecule has 0 aliphatic heterocycles. The largest absolute Gasteiger partial charge is 0.369 e. The normalized spacial score (nSPS) is 10.7. The van der Waals surface area contributed by atoms with Crippen molar-refractivity contribution < 1.29 is 0 Å². The molecule has 0 N–H and O–H groups in total. The minimum absolute atomic E-state index is 0.542. The minimum Gasteiger partial charge on any atom is -0.369 e. The van der Waals surface area contributed by atoms with Crippen molar-refractivity contribution in [2.24, 2.45) is 0 Å². The van der Waals surface area contributed by atoms with Crippen molar-refractivity contribution in [3.05, 3.63) is 49.0 Å². The number of halogens is 3. The van der Waals surface area contributed by atoms with E-state index in [-0.39, 0.29) is 0 Å². The van der Waals surface area contributed by atoms with E-state index < -0.39 is 0 Å². The maximum Gasteiger partial charge on any atom is 0.0701 e. The summed E-state index contributed by atoms with van der Waals surface area (Å²) in [5.41, 5.74) is 3.60. The number of benzene rings is 1. The van der Waals surface area contributed by atoms with Crippen LogP contribution >= 0.6 is 54.8 Å². The van der Waals surface area contributed by atoms with E-state index in [2.05, 4.69) is 73.5 Å². The van der Waals surface area contributed by atoms with Crippen LogP contribution in [0.15, 0.2) is 37.9 Å². The number of hydrogen-bond acceptors (Lipinski definition) is 2. The lowest BCUT2D eigenvalue weighted by Gasteiger charge is -2.20. The lowest BCUT2D eigenvalue weighted by molar-refractivity contribution is 0.923. The number of rotatable bonds is 4. The topological polar surface area (TPSA) is 3.24 Å². The standard InChI is InChI=1S/C13H12Br2ClNS/c1-17(7-10-5-13(15)18-8-10)12-3-2-9(6-16)4-11(12)14/h2-5,8H,6-7H2,1H3. The number of nitrogens with zero attached hydrogens (tertiary/aromatic N) is 1. The van der Waals surface area contributed by atoms with Gasteiger partial charge in [0.25, 0.3) is 0 Å². The molecule has 0 aliphatic rings. The highest BCUT2D eigenvalue weighted by atomic mass is 79.9. The molecule has 0 fully saturated rings. The number of thiophene rings is 1. The summed E-state index contributed by atoms with van der Waals surface area (Å²) in [7, 11) is 2.09. The molecule has 0 unspecified atom stereocenters. The van der Waals surface area contributed by atoms with Crippen LogP contribution in [0, 0.1) is 0 Å². The average molecular weight is 410 g/mol. The maximum atomic E-state index is 5.83. The third-order valence-corrected chi connectivity index (χ3v) is 5.12. The molecule has 96 valence electrons. The Kier molecular flexibility index (Phi) is 5.13. The second-order valence-electron chi connectivity index (χ2n) is 4.03. The summed E-state index contributed by atoms with van der Waals surface area (Å²) in [4.78, 5) is 2.22. The SMILES string of the molecule is CN(Cc1csc(Br)c1)c1ccc(CCl)cc1Br. The van der Waals surface area contributed by atoms with Gasteiger partial charge < -0.3 is 4.90 Å². The predicted molar refractivity (Wildman–Crippen MR) is 87.8 cm³/mol. The Morgan fingerprint density at radius 1 is 1.22 bits per heavy atom. The summed E-state index contributed by atoms with van der Waals surface area (Å²) in [6.45, 7) is 0.890. The van der Waals surface area contributed by atoms with Gasteiger partial charge in [0.05, 0.1) is 9.47 Å². The molecule has 0 saturated carbocycles. The number of anilines is 1. The first-order chi connectivity index (χ1) is 8.60. The summed E-state index contributed by atoms with van der Waals surface area (Å²) in [6.07, 6.45) is 0. The highest BCUT2D eigenvalue weighted by molar-refractivity contribution is 9.11.